The number of nitrogens with zero attached hydrogens (tertiary/aromatic N) is 2. The average Bonchev–Trinajstić information content (AvgIpc) is 2.95. The zero-order chi connectivity index (χ0) is 27.7. The predicted molar refractivity (Wildman–Crippen MR) is 163 cm³/mol. The summed E-state index contributed by atoms with van der Waals surface area (Å²) in [5.41, 5.74) is -0.508. The highest BCUT2D eigenvalue weighted by molar-refractivity contribution is 7.95. The molecule has 0 unspecified atom stereocenters. The van der Waals surface area contributed by atoms with Gasteiger partial charge in [-0.3, -0.25) is 4.79 Å². The fraction of sp³-hybridized carbons (Fsp3) is 0.394. The molecule has 0 aliphatic carbocycles. The Morgan fingerprint density at radius 3 is 1.54 bits per heavy atom. The number of piperazine rings is 1. The van der Waals surface area contributed by atoms with Gasteiger partial charge in [0.25, 0.3) is 0 Å². The molecule has 4 rings (SSSR count). The van der Waals surface area contributed by atoms with Crippen LogP contribution in [0, 0.1) is 0 Å². The maximum absolute atomic E-state index is 12.9. The predicted octanol–water partition coefficient (Wildman–Crippen LogP) is 5.62. The highest BCUT2D eigenvalue weighted by Gasteiger charge is 2.44. The molecule has 3 aromatic carbocycles. The second-order valence-corrected chi connectivity index (χ2v) is 14.8. The van der Waals surface area contributed by atoms with Crippen molar-refractivity contribution in [3.63, 3.8) is 0 Å². The van der Waals surface area contributed by atoms with Gasteiger partial charge in [-0.05, 0) is 76.4 Å². The molecule has 0 spiro atoms. The first-order chi connectivity index (χ1) is 18.8. The topological polar surface area (TPSA) is 49.9 Å². The van der Waals surface area contributed by atoms with Gasteiger partial charge in [-0.2, -0.15) is 0 Å². The minimum atomic E-state index is -1.82. The fourth-order valence-electron chi connectivity index (χ4n) is 5.31. The molecule has 1 aliphatic heterocycles. The molecule has 1 aliphatic rings. The van der Waals surface area contributed by atoms with Crippen LogP contribution >= 0.6 is 7.26 Å². The van der Waals surface area contributed by atoms with E-state index in [1.54, 1.807) is 4.90 Å². The molecule has 0 N–H and O–H groups in total. The molecule has 0 radical (unpaired) electrons. The molecule has 1 heterocycles. The van der Waals surface area contributed by atoms with Crippen LogP contribution in [0.1, 0.15) is 46.5 Å². The highest BCUT2D eigenvalue weighted by Crippen LogP contribution is 2.56. The Bertz CT molecular complexity index is 1090. The molecular formula is C33H42N2O3P+. The van der Waals surface area contributed by atoms with E-state index in [4.69, 9.17) is 4.74 Å². The van der Waals surface area contributed by atoms with E-state index in [0.717, 1.165) is 25.4 Å². The quantitative estimate of drug-likeness (QED) is 0.259. The van der Waals surface area contributed by atoms with Crippen LogP contribution in [0.25, 0.3) is 0 Å². The summed E-state index contributed by atoms with van der Waals surface area (Å²) < 4.78 is 5.47. The summed E-state index contributed by atoms with van der Waals surface area (Å²) in [6.07, 6.45) is 4.29. The van der Waals surface area contributed by atoms with Gasteiger partial charge in [0.2, 0.25) is 5.91 Å². The van der Waals surface area contributed by atoms with Crippen LogP contribution in [-0.2, 0) is 9.53 Å². The lowest BCUT2D eigenvalue weighted by Gasteiger charge is -2.35. The number of carbonyl (C=O) groups is 2. The normalized spacial score (nSPS) is 14.2. The Balaban J connectivity index is 1.35. The summed E-state index contributed by atoms with van der Waals surface area (Å²) in [5, 5.41) is 4.21. The molecule has 1 fully saturated rings. The molecular weight excluding hydrogens is 503 g/mol. The summed E-state index contributed by atoms with van der Waals surface area (Å²) in [4.78, 5) is 28.9. The lowest BCUT2D eigenvalue weighted by atomic mass is 10.2. The molecule has 206 valence electrons. The van der Waals surface area contributed by atoms with E-state index >= 15 is 0 Å². The van der Waals surface area contributed by atoms with Crippen molar-refractivity contribution in [1.29, 1.82) is 0 Å². The van der Waals surface area contributed by atoms with Crippen LogP contribution in [0.3, 0.4) is 0 Å². The van der Waals surface area contributed by atoms with E-state index in [1.165, 1.54) is 15.9 Å². The molecule has 2 amide bonds. The number of benzene rings is 3. The maximum atomic E-state index is 12.9. The van der Waals surface area contributed by atoms with Crippen molar-refractivity contribution >= 4 is 35.2 Å². The lowest BCUT2D eigenvalue weighted by molar-refractivity contribution is -0.133. The van der Waals surface area contributed by atoms with E-state index < -0.39 is 12.9 Å². The number of carbonyl (C=O) groups excluding carboxylic acids is 2. The zero-order valence-corrected chi connectivity index (χ0v) is 24.5. The fourth-order valence-corrected chi connectivity index (χ4v) is 9.72. The van der Waals surface area contributed by atoms with Crippen LogP contribution in [0.5, 0.6) is 0 Å². The zero-order valence-electron chi connectivity index (χ0n) is 23.6. The molecule has 0 saturated carbocycles. The SMILES string of the molecule is CC(C)(C)OC(=O)N1CCN(C(=O)CCCCC[P+](c2ccccc2)(c2ccccc2)c2ccccc2)CC1. The number of hydrogen-bond acceptors (Lipinski definition) is 3. The van der Waals surface area contributed by atoms with Gasteiger partial charge in [0.05, 0.1) is 6.16 Å². The lowest BCUT2D eigenvalue weighted by Crippen LogP contribution is -2.51. The Hall–Kier alpha value is -3.17. The van der Waals surface area contributed by atoms with Crippen LogP contribution in [0.4, 0.5) is 4.79 Å². The van der Waals surface area contributed by atoms with Crippen LogP contribution in [0.15, 0.2) is 91.0 Å². The number of ether oxygens (including phenoxy) is 1. The van der Waals surface area contributed by atoms with E-state index in [1.807, 2.05) is 25.7 Å². The Labute approximate surface area is 234 Å². The van der Waals surface area contributed by atoms with E-state index in [-0.39, 0.29) is 12.0 Å². The standard InChI is InChI=1S/C33H42N2O3P/c1-33(2,3)38-32(37)35-25-23-34(24-26-35)31(36)22-14-7-15-27-39(28-16-8-4-9-17-28,29-18-10-5-11-19-29)30-20-12-6-13-21-30/h4-6,8-13,16-21H,7,14-15,22-27H2,1-3H3/q+1. The summed E-state index contributed by atoms with van der Waals surface area (Å²) in [7, 11) is -1.82. The van der Waals surface area contributed by atoms with Gasteiger partial charge in [0.15, 0.2) is 0 Å². The maximum Gasteiger partial charge on any atom is 0.410 e. The van der Waals surface area contributed by atoms with Gasteiger partial charge in [-0.1, -0.05) is 54.6 Å². The van der Waals surface area contributed by atoms with Crippen molar-refractivity contribution in [3.05, 3.63) is 91.0 Å². The summed E-state index contributed by atoms with van der Waals surface area (Å²) in [5.74, 6) is 0.189. The van der Waals surface area contributed by atoms with Gasteiger partial charge in [-0.15, -0.1) is 0 Å². The Morgan fingerprint density at radius 1 is 0.667 bits per heavy atom. The third kappa shape index (κ3) is 7.48. The van der Waals surface area contributed by atoms with E-state index in [9.17, 15) is 9.59 Å². The smallest absolute Gasteiger partial charge is 0.410 e. The molecule has 3 aromatic rings. The minimum Gasteiger partial charge on any atom is -0.444 e. The van der Waals surface area contributed by atoms with Gasteiger partial charge >= 0.3 is 6.09 Å². The van der Waals surface area contributed by atoms with Crippen molar-refractivity contribution in [2.75, 3.05) is 32.3 Å². The van der Waals surface area contributed by atoms with Gasteiger partial charge in [-0.25, -0.2) is 4.79 Å². The second kappa shape index (κ2) is 13.3. The largest absolute Gasteiger partial charge is 0.444 e. The van der Waals surface area contributed by atoms with Crippen molar-refractivity contribution in [2.45, 2.75) is 52.1 Å². The minimum absolute atomic E-state index is 0.189. The van der Waals surface area contributed by atoms with Crippen LogP contribution in [-0.4, -0.2) is 59.7 Å². The number of hydrogen-bond donors (Lipinski definition) is 0. The molecule has 6 heteroatoms. The Kier molecular flexibility index (Phi) is 9.80. The third-order valence-corrected chi connectivity index (χ3v) is 11.8. The third-order valence-electron chi connectivity index (χ3n) is 7.26. The summed E-state index contributed by atoms with van der Waals surface area (Å²) in [6.45, 7) is 7.81. The van der Waals surface area contributed by atoms with E-state index in [2.05, 4.69) is 91.0 Å². The molecule has 39 heavy (non-hydrogen) atoms. The van der Waals surface area contributed by atoms with Crippen molar-refractivity contribution < 1.29 is 14.3 Å². The first kappa shape index (κ1) is 28.8. The van der Waals surface area contributed by atoms with Gasteiger partial charge in [0, 0.05) is 32.6 Å². The first-order valence-corrected chi connectivity index (χ1v) is 16.1. The molecule has 1 saturated heterocycles. The molecule has 0 atom stereocenters. The highest BCUT2D eigenvalue weighted by atomic mass is 31.2. The first-order valence-electron chi connectivity index (χ1n) is 14.1. The molecule has 0 aromatic heterocycles. The second-order valence-electron chi connectivity index (χ2n) is 11.2. The Morgan fingerprint density at radius 2 is 1.10 bits per heavy atom. The van der Waals surface area contributed by atoms with Gasteiger partial charge in [0.1, 0.15) is 28.8 Å². The van der Waals surface area contributed by atoms with Crippen molar-refractivity contribution in [3.8, 4) is 0 Å². The monoisotopic (exact) mass is 545 g/mol. The van der Waals surface area contributed by atoms with Crippen LogP contribution < -0.4 is 15.9 Å². The average molecular weight is 546 g/mol. The van der Waals surface area contributed by atoms with Crippen molar-refractivity contribution in [2.24, 2.45) is 0 Å². The van der Waals surface area contributed by atoms with Gasteiger partial charge < -0.3 is 14.5 Å². The van der Waals surface area contributed by atoms with Crippen LogP contribution in [0.2, 0.25) is 0 Å². The molecule has 0 bridgehead atoms. The summed E-state index contributed by atoms with van der Waals surface area (Å²) >= 11 is 0. The summed E-state index contributed by atoms with van der Waals surface area (Å²) in [6, 6.07) is 32.9. The number of unbranched alkanes of at least 4 members (excludes halogenated alkanes) is 2. The number of rotatable bonds is 9. The van der Waals surface area contributed by atoms with Crippen molar-refractivity contribution in [1.82, 2.24) is 9.80 Å². The number of amides is 2. The van der Waals surface area contributed by atoms with E-state index in [0.29, 0.717) is 32.6 Å². The molecule has 5 nitrogen and oxygen atoms in total.